The molecule has 0 aromatic heterocycles. The molecule has 2 nitrogen and oxygen atoms in total. The summed E-state index contributed by atoms with van der Waals surface area (Å²) in [5.74, 6) is 0.876. The zero-order valence-electron chi connectivity index (χ0n) is 12.5. The van der Waals surface area contributed by atoms with Crippen molar-refractivity contribution in [2.75, 3.05) is 13.6 Å². The van der Waals surface area contributed by atoms with Crippen molar-refractivity contribution >= 4 is 0 Å². The van der Waals surface area contributed by atoms with Gasteiger partial charge in [-0.15, -0.1) is 0 Å². The van der Waals surface area contributed by atoms with E-state index in [0.29, 0.717) is 11.5 Å². The lowest BCUT2D eigenvalue weighted by molar-refractivity contribution is -0.0137. The van der Waals surface area contributed by atoms with Crippen molar-refractivity contribution in [3.8, 4) is 0 Å². The largest absolute Gasteiger partial charge is 0.391 e. The zero-order valence-corrected chi connectivity index (χ0v) is 12.5. The van der Waals surface area contributed by atoms with Gasteiger partial charge in [0.05, 0.1) is 6.10 Å². The van der Waals surface area contributed by atoms with E-state index >= 15 is 0 Å². The second kappa shape index (κ2) is 5.92. The van der Waals surface area contributed by atoms with Crippen LogP contribution in [0.4, 0.5) is 0 Å². The van der Waals surface area contributed by atoms with Crippen molar-refractivity contribution in [2.45, 2.75) is 77.4 Å². The molecule has 2 atom stereocenters. The SMILES string of the molecule is CN(CC1CCCCC1)C1CC(C)(C)CCC1O. The van der Waals surface area contributed by atoms with Gasteiger partial charge in [0.25, 0.3) is 0 Å². The Kier molecular flexibility index (Phi) is 4.71. The predicted molar refractivity (Wildman–Crippen MR) is 76.6 cm³/mol. The minimum atomic E-state index is -0.105. The van der Waals surface area contributed by atoms with Crippen molar-refractivity contribution in [3.05, 3.63) is 0 Å². The summed E-state index contributed by atoms with van der Waals surface area (Å²) in [6, 6.07) is 0.385. The van der Waals surface area contributed by atoms with Crippen molar-refractivity contribution in [1.82, 2.24) is 4.90 Å². The molecule has 0 bridgehead atoms. The van der Waals surface area contributed by atoms with Crippen LogP contribution in [0.1, 0.15) is 65.2 Å². The molecule has 2 saturated carbocycles. The summed E-state index contributed by atoms with van der Waals surface area (Å²) in [4.78, 5) is 2.46. The Morgan fingerprint density at radius 1 is 1.11 bits per heavy atom. The average Bonchev–Trinajstić information content (AvgIpc) is 2.33. The van der Waals surface area contributed by atoms with Gasteiger partial charge in [-0.25, -0.2) is 0 Å². The fraction of sp³-hybridized carbons (Fsp3) is 1.00. The van der Waals surface area contributed by atoms with Crippen LogP contribution in [-0.2, 0) is 0 Å². The lowest BCUT2D eigenvalue weighted by Crippen LogP contribution is -2.49. The zero-order chi connectivity index (χ0) is 13.2. The molecule has 2 aliphatic carbocycles. The second-order valence-corrected chi connectivity index (χ2v) is 7.49. The minimum Gasteiger partial charge on any atom is -0.391 e. The van der Waals surface area contributed by atoms with E-state index in [1.165, 1.54) is 45.1 Å². The van der Waals surface area contributed by atoms with Crippen molar-refractivity contribution in [1.29, 1.82) is 0 Å². The van der Waals surface area contributed by atoms with E-state index in [9.17, 15) is 5.11 Å². The van der Waals surface area contributed by atoms with Gasteiger partial charge in [0.1, 0.15) is 0 Å². The van der Waals surface area contributed by atoms with E-state index in [1.807, 2.05) is 0 Å². The number of likely N-dealkylation sites (N-methyl/N-ethyl adjacent to an activating group) is 1. The molecule has 0 aromatic rings. The van der Waals surface area contributed by atoms with Gasteiger partial charge in [0, 0.05) is 12.6 Å². The Morgan fingerprint density at radius 2 is 1.78 bits per heavy atom. The number of aliphatic hydroxyl groups is 1. The molecule has 0 spiro atoms. The molecule has 2 rings (SSSR count). The fourth-order valence-corrected chi connectivity index (χ4v) is 3.90. The number of rotatable bonds is 3. The molecule has 18 heavy (non-hydrogen) atoms. The van der Waals surface area contributed by atoms with Gasteiger partial charge in [-0.2, -0.15) is 0 Å². The van der Waals surface area contributed by atoms with Crippen LogP contribution in [0.15, 0.2) is 0 Å². The molecule has 0 aromatic carbocycles. The molecule has 0 saturated heterocycles. The third-order valence-electron chi connectivity index (χ3n) is 5.16. The quantitative estimate of drug-likeness (QED) is 0.833. The standard InChI is InChI=1S/C16H31NO/c1-16(2)10-9-15(18)14(11-16)17(3)12-13-7-5-4-6-8-13/h13-15,18H,4-12H2,1-3H3. The van der Waals surface area contributed by atoms with Crippen molar-refractivity contribution in [2.24, 2.45) is 11.3 Å². The van der Waals surface area contributed by atoms with Crippen LogP contribution in [0.2, 0.25) is 0 Å². The molecular weight excluding hydrogens is 222 g/mol. The lowest BCUT2D eigenvalue weighted by Gasteiger charge is -2.44. The van der Waals surface area contributed by atoms with Gasteiger partial charge >= 0.3 is 0 Å². The van der Waals surface area contributed by atoms with Crippen molar-refractivity contribution in [3.63, 3.8) is 0 Å². The third kappa shape index (κ3) is 3.71. The maximum atomic E-state index is 10.3. The monoisotopic (exact) mass is 253 g/mol. The summed E-state index contributed by atoms with van der Waals surface area (Å²) in [7, 11) is 2.23. The van der Waals surface area contributed by atoms with E-state index in [1.54, 1.807) is 0 Å². The fourth-order valence-electron chi connectivity index (χ4n) is 3.90. The van der Waals surface area contributed by atoms with Gasteiger partial charge in [-0.05, 0) is 50.5 Å². The molecule has 106 valence electrons. The molecule has 2 fully saturated rings. The first-order valence-electron chi connectivity index (χ1n) is 7.86. The van der Waals surface area contributed by atoms with Gasteiger partial charge < -0.3 is 10.0 Å². The first-order chi connectivity index (χ1) is 8.48. The lowest BCUT2D eigenvalue weighted by atomic mass is 9.73. The topological polar surface area (TPSA) is 23.5 Å². The Balaban J connectivity index is 1.87. The summed E-state index contributed by atoms with van der Waals surface area (Å²) in [5.41, 5.74) is 0.407. The van der Waals surface area contributed by atoms with Crippen LogP contribution in [-0.4, -0.2) is 35.7 Å². The van der Waals surface area contributed by atoms with Gasteiger partial charge in [-0.1, -0.05) is 33.1 Å². The summed E-state index contributed by atoms with van der Waals surface area (Å²) >= 11 is 0. The molecule has 2 aliphatic rings. The Morgan fingerprint density at radius 3 is 2.44 bits per heavy atom. The highest BCUT2D eigenvalue weighted by molar-refractivity contribution is 4.90. The van der Waals surface area contributed by atoms with Gasteiger partial charge in [0.2, 0.25) is 0 Å². The highest BCUT2D eigenvalue weighted by Gasteiger charge is 2.36. The molecule has 0 radical (unpaired) electrons. The smallest absolute Gasteiger partial charge is 0.0695 e. The highest BCUT2D eigenvalue weighted by Crippen LogP contribution is 2.37. The normalized spacial score (nSPS) is 33.8. The van der Waals surface area contributed by atoms with Crippen LogP contribution in [0.3, 0.4) is 0 Å². The van der Waals surface area contributed by atoms with E-state index < -0.39 is 0 Å². The van der Waals surface area contributed by atoms with Crippen LogP contribution in [0.25, 0.3) is 0 Å². The number of aliphatic hydroxyl groups excluding tert-OH is 1. The molecule has 2 heteroatoms. The predicted octanol–water partition coefficient (Wildman–Crippen LogP) is 3.44. The first-order valence-corrected chi connectivity index (χ1v) is 7.86. The van der Waals surface area contributed by atoms with Crippen LogP contribution < -0.4 is 0 Å². The minimum absolute atomic E-state index is 0.105. The molecule has 0 aliphatic heterocycles. The first kappa shape index (κ1) is 14.3. The van der Waals surface area contributed by atoms with Crippen molar-refractivity contribution < 1.29 is 5.11 Å². The summed E-state index contributed by atoms with van der Waals surface area (Å²) in [6.07, 6.45) is 10.2. The Hall–Kier alpha value is -0.0800. The van der Waals surface area contributed by atoms with E-state index in [0.717, 1.165) is 18.8 Å². The molecular formula is C16H31NO. The van der Waals surface area contributed by atoms with Crippen LogP contribution >= 0.6 is 0 Å². The molecule has 1 N–H and O–H groups in total. The van der Waals surface area contributed by atoms with E-state index in [2.05, 4.69) is 25.8 Å². The maximum Gasteiger partial charge on any atom is 0.0695 e. The summed E-state index contributed by atoms with van der Waals surface area (Å²) < 4.78 is 0. The van der Waals surface area contributed by atoms with Gasteiger partial charge in [-0.3, -0.25) is 0 Å². The maximum absolute atomic E-state index is 10.3. The molecule has 0 heterocycles. The number of hydrogen-bond donors (Lipinski definition) is 1. The highest BCUT2D eigenvalue weighted by atomic mass is 16.3. The second-order valence-electron chi connectivity index (χ2n) is 7.49. The van der Waals surface area contributed by atoms with E-state index in [4.69, 9.17) is 0 Å². The van der Waals surface area contributed by atoms with Crippen LogP contribution in [0, 0.1) is 11.3 Å². The third-order valence-corrected chi connectivity index (χ3v) is 5.16. The summed E-state index contributed by atoms with van der Waals surface area (Å²) in [5, 5.41) is 10.3. The average molecular weight is 253 g/mol. The molecule has 2 unspecified atom stereocenters. The summed E-state index contributed by atoms with van der Waals surface area (Å²) in [6.45, 7) is 5.89. The Labute approximate surface area is 113 Å². The van der Waals surface area contributed by atoms with E-state index in [-0.39, 0.29) is 6.10 Å². The van der Waals surface area contributed by atoms with Gasteiger partial charge in [0.15, 0.2) is 0 Å². The number of hydrogen-bond acceptors (Lipinski definition) is 2. The molecule has 0 amide bonds. The number of nitrogens with zero attached hydrogens (tertiary/aromatic N) is 1. The Bertz CT molecular complexity index is 258. The van der Waals surface area contributed by atoms with Crippen LogP contribution in [0.5, 0.6) is 0 Å².